The van der Waals surface area contributed by atoms with Crippen molar-refractivity contribution in [2.45, 2.75) is 13.5 Å². The zero-order valence-electron chi connectivity index (χ0n) is 12.0. The normalized spacial score (nSPS) is 14.8. The number of aromatic nitrogens is 1. The van der Waals surface area contributed by atoms with Crippen LogP contribution in [-0.2, 0) is 6.54 Å². The molecule has 0 unspecified atom stereocenters. The topological polar surface area (TPSA) is 62.5 Å². The van der Waals surface area contributed by atoms with Crippen molar-refractivity contribution >= 4 is 17.4 Å². The van der Waals surface area contributed by atoms with Gasteiger partial charge in [0, 0.05) is 30.7 Å². The van der Waals surface area contributed by atoms with Gasteiger partial charge in [-0.3, -0.25) is 9.88 Å². The van der Waals surface area contributed by atoms with Gasteiger partial charge in [-0.25, -0.2) is 4.79 Å². The van der Waals surface area contributed by atoms with Gasteiger partial charge in [-0.1, -0.05) is 6.07 Å². The Balaban J connectivity index is 1.75. The number of hydrogen-bond acceptors (Lipinski definition) is 3. The Morgan fingerprint density at radius 2 is 1.95 bits per heavy atom. The molecule has 1 fully saturated rings. The van der Waals surface area contributed by atoms with Crippen molar-refractivity contribution in [2.75, 3.05) is 23.7 Å². The fourth-order valence-electron chi connectivity index (χ4n) is 2.49. The van der Waals surface area contributed by atoms with Gasteiger partial charge >= 0.3 is 6.03 Å². The SMILES string of the molecule is Cc1cccnc1CN1CCN(c2ccc(N)cc2)C1=O. The van der Waals surface area contributed by atoms with E-state index in [0.29, 0.717) is 25.3 Å². The molecule has 0 radical (unpaired) electrons. The number of carbonyl (C=O) groups is 1. The van der Waals surface area contributed by atoms with Crippen molar-refractivity contribution in [3.63, 3.8) is 0 Å². The van der Waals surface area contributed by atoms with Crippen molar-refractivity contribution < 1.29 is 4.79 Å². The maximum absolute atomic E-state index is 12.5. The quantitative estimate of drug-likeness (QED) is 0.879. The lowest BCUT2D eigenvalue weighted by atomic mass is 10.2. The number of nitrogens with two attached hydrogens (primary N) is 1. The first-order valence-corrected chi connectivity index (χ1v) is 6.97. The van der Waals surface area contributed by atoms with Gasteiger partial charge in [0.05, 0.1) is 12.2 Å². The number of urea groups is 1. The largest absolute Gasteiger partial charge is 0.399 e. The number of nitrogen functional groups attached to an aromatic ring is 1. The highest BCUT2D eigenvalue weighted by Crippen LogP contribution is 2.22. The summed E-state index contributed by atoms with van der Waals surface area (Å²) >= 11 is 0. The van der Waals surface area contributed by atoms with Crippen LogP contribution in [0.3, 0.4) is 0 Å². The summed E-state index contributed by atoms with van der Waals surface area (Å²) in [5.74, 6) is 0. The Bertz CT molecular complexity index is 654. The van der Waals surface area contributed by atoms with Crippen LogP contribution in [0.1, 0.15) is 11.3 Å². The van der Waals surface area contributed by atoms with E-state index >= 15 is 0 Å². The van der Waals surface area contributed by atoms with Crippen LogP contribution < -0.4 is 10.6 Å². The second kappa shape index (κ2) is 5.44. The van der Waals surface area contributed by atoms with Crippen molar-refractivity contribution in [1.82, 2.24) is 9.88 Å². The standard InChI is InChI=1S/C16H18N4O/c1-12-3-2-8-18-15(12)11-19-9-10-20(16(19)21)14-6-4-13(17)5-7-14/h2-8H,9-11,17H2,1H3. The molecule has 1 saturated heterocycles. The van der Waals surface area contributed by atoms with E-state index in [0.717, 1.165) is 16.9 Å². The molecule has 5 heteroatoms. The molecule has 21 heavy (non-hydrogen) atoms. The van der Waals surface area contributed by atoms with Crippen molar-refractivity contribution in [3.8, 4) is 0 Å². The number of anilines is 2. The van der Waals surface area contributed by atoms with E-state index in [-0.39, 0.29) is 6.03 Å². The van der Waals surface area contributed by atoms with E-state index in [9.17, 15) is 4.79 Å². The third-order valence-electron chi connectivity index (χ3n) is 3.76. The van der Waals surface area contributed by atoms with Crippen molar-refractivity contribution in [1.29, 1.82) is 0 Å². The maximum Gasteiger partial charge on any atom is 0.324 e. The van der Waals surface area contributed by atoms with Gasteiger partial charge in [-0.05, 0) is 42.8 Å². The highest BCUT2D eigenvalue weighted by Gasteiger charge is 2.29. The second-order valence-electron chi connectivity index (χ2n) is 5.21. The van der Waals surface area contributed by atoms with Gasteiger partial charge in [0.25, 0.3) is 0 Å². The lowest BCUT2D eigenvalue weighted by Gasteiger charge is -2.19. The van der Waals surface area contributed by atoms with Crippen LogP contribution in [0.5, 0.6) is 0 Å². The first-order chi connectivity index (χ1) is 10.1. The van der Waals surface area contributed by atoms with Crippen LogP contribution >= 0.6 is 0 Å². The van der Waals surface area contributed by atoms with E-state index in [2.05, 4.69) is 4.98 Å². The first-order valence-electron chi connectivity index (χ1n) is 6.97. The molecule has 0 atom stereocenters. The van der Waals surface area contributed by atoms with Gasteiger partial charge in [0.15, 0.2) is 0 Å². The zero-order valence-corrected chi connectivity index (χ0v) is 12.0. The molecule has 0 bridgehead atoms. The molecule has 2 heterocycles. The summed E-state index contributed by atoms with van der Waals surface area (Å²) in [5.41, 5.74) is 9.32. The summed E-state index contributed by atoms with van der Waals surface area (Å²) in [6.07, 6.45) is 1.76. The van der Waals surface area contributed by atoms with E-state index in [1.165, 1.54) is 0 Å². The number of benzene rings is 1. The lowest BCUT2D eigenvalue weighted by Crippen LogP contribution is -2.31. The minimum atomic E-state index is 0.0184. The van der Waals surface area contributed by atoms with Gasteiger partial charge in [-0.15, -0.1) is 0 Å². The average molecular weight is 282 g/mol. The molecule has 3 rings (SSSR count). The predicted octanol–water partition coefficient (Wildman–Crippen LogP) is 2.41. The van der Waals surface area contributed by atoms with Gasteiger partial charge in [0.2, 0.25) is 0 Å². The zero-order chi connectivity index (χ0) is 14.8. The molecular formula is C16H18N4O. The number of amides is 2. The monoisotopic (exact) mass is 282 g/mol. The molecule has 0 aliphatic carbocycles. The third-order valence-corrected chi connectivity index (χ3v) is 3.76. The third kappa shape index (κ3) is 2.67. The molecule has 0 saturated carbocycles. The van der Waals surface area contributed by atoms with Crippen LogP contribution in [0.25, 0.3) is 0 Å². The Morgan fingerprint density at radius 1 is 1.19 bits per heavy atom. The van der Waals surface area contributed by atoms with Crippen LogP contribution in [0.2, 0.25) is 0 Å². The molecule has 2 N–H and O–H groups in total. The minimum absolute atomic E-state index is 0.0184. The van der Waals surface area contributed by atoms with E-state index in [1.807, 2.05) is 48.2 Å². The summed E-state index contributed by atoms with van der Waals surface area (Å²) in [6.45, 7) is 3.96. The predicted molar refractivity (Wildman–Crippen MR) is 83.0 cm³/mol. The highest BCUT2D eigenvalue weighted by molar-refractivity contribution is 5.94. The fourth-order valence-corrected chi connectivity index (χ4v) is 2.49. The smallest absolute Gasteiger partial charge is 0.324 e. The summed E-state index contributed by atoms with van der Waals surface area (Å²) in [4.78, 5) is 20.5. The van der Waals surface area contributed by atoms with E-state index < -0.39 is 0 Å². The van der Waals surface area contributed by atoms with Crippen molar-refractivity contribution in [2.24, 2.45) is 0 Å². The van der Waals surface area contributed by atoms with E-state index in [4.69, 9.17) is 5.73 Å². The average Bonchev–Trinajstić information content (AvgIpc) is 2.84. The number of hydrogen-bond donors (Lipinski definition) is 1. The summed E-state index contributed by atoms with van der Waals surface area (Å²) in [6, 6.07) is 11.3. The maximum atomic E-state index is 12.5. The number of pyridine rings is 1. The summed E-state index contributed by atoms with van der Waals surface area (Å²) < 4.78 is 0. The second-order valence-corrected chi connectivity index (χ2v) is 5.21. The number of nitrogens with zero attached hydrogens (tertiary/aromatic N) is 3. The molecule has 0 spiro atoms. The molecule has 1 aromatic carbocycles. The summed E-state index contributed by atoms with van der Waals surface area (Å²) in [7, 11) is 0. The Labute approximate surface area is 124 Å². The Hall–Kier alpha value is -2.56. The Morgan fingerprint density at radius 3 is 2.67 bits per heavy atom. The van der Waals surface area contributed by atoms with E-state index in [1.54, 1.807) is 11.1 Å². The first kappa shape index (κ1) is 13.4. The number of rotatable bonds is 3. The number of carbonyl (C=O) groups excluding carboxylic acids is 1. The molecule has 2 amide bonds. The molecule has 108 valence electrons. The van der Waals surface area contributed by atoms with Crippen LogP contribution in [0.15, 0.2) is 42.6 Å². The molecular weight excluding hydrogens is 264 g/mol. The van der Waals surface area contributed by atoms with Gasteiger partial charge in [0.1, 0.15) is 0 Å². The minimum Gasteiger partial charge on any atom is -0.399 e. The van der Waals surface area contributed by atoms with Crippen molar-refractivity contribution in [3.05, 3.63) is 53.9 Å². The number of aryl methyl sites for hydroxylation is 1. The molecule has 1 aliphatic rings. The molecule has 1 aromatic heterocycles. The Kier molecular flexibility index (Phi) is 3.48. The van der Waals surface area contributed by atoms with Gasteiger partial charge < -0.3 is 10.6 Å². The lowest BCUT2D eigenvalue weighted by molar-refractivity contribution is 0.218. The van der Waals surface area contributed by atoms with Crippen LogP contribution in [0.4, 0.5) is 16.2 Å². The van der Waals surface area contributed by atoms with Crippen LogP contribution in [-0.4, -0.2) is 29.0 Å². The summed E-state index contributed by atoms with van der Waals surface area (Å²) in [5, 5.41) is 0. The molecule has 5 nitrogen and oxygen atoms in total. The molecule has 1 aliphatic heterocycles. The highest BCUT2D eigenvalue weighted by atomic mass is 16.2. The molecule has 2 aromatic rings. The van der Waals surface area contributed by atoms with Gasteiger partial charge in [-0.2, -0.15) is 0 Å². The fraction of sp³-hybridized carbons (Fsp3) is 0.250. The van der Waals surface area contributed by atoms with Crippen LogP contribution in [0, 0.1) is 6.92 Å².